The fraction of sp³-hybridized carbons (Fsp3) is 0.158. The number of aliphatic hydroxyl groups excluding tert-OH is 1. The smallest absolute Gasteiger partial charge is 0.301 e. The Balaban J connectivity index is 2.13. The molecule has 0 saturated carbocycles. The third-order valence-corrected chi connectivity index (χ3v) is 4.04. The molecule has 2 amide bonds. The molecule has 1 N–H and O–H groups in total. The predicted molar refractivity (Wildman–Crippen MR) is 91.0 cm³/mol. The van der Waals surface area contributed by atoms with Crippen molar-refractivity contribution in [3.8, 4) is 5.75 Å². The summed E-state index contributed by atoms with van der Waals surface area (Å²) in [7, 11) is 1.47. The summed E-state index contributed by atoms with van der Waals surface area (Å²) in [5.41, 5.74) is 2.52. The van der Waals surface area contributed by atoms with Gasteiger partial charge in [-0.25, -0.2) is 4.90 Å². The van der Waals surface area contributed by atoms with Crippen LogP contribution in [-0.2, 0) is 9.59 Å². The maximum absolute atomic E-state index is 12.9. The van der Waals surface area contributed by atoms with Crippen LogP contribution in [0.3, 0.4) is 0 Å². The topological polar surface area (TPSA) is 66.8 Å². The number of benzene rings is 2. The predicted octanol–water partition coefficient (Wildman–Crippen LogP) is 3.15. The number of anilines is 1. The number of rotatable bonds is 3. The lowest BCUT2D eigenvalue weighted by molar-refractivity contribution is -0.121. The Morgan fingerprint density at radius 3 is 2.42 bits per heavy atom. The van der Waals surface area contributed by atoms with Gasteiger partial charge < -0.3 is 9.84 Å². The molecule has 1 aliphatic rings. The second kappa shape index (κ2) is 5.85. The van der Waals surface area contributed by atoms with E-state index < -0.39 is 17.6 Å². The first-order valence-corrected chi connectivity index (χ1v) is 7.48. The molecule has 3 rings (SSSR count). The third kappa shape index (κ3) is 2.34. The zero-order chi connectivity index (χ0) is 17.4. The summed E-state index contributed by atoms with van der Waals surface area (Å²) >= 11 is 0. The molecule has 2 aromatic rings. The molecule has 0 aliphatic carbocycles. The Morgan fingerprint density at radius 1 is 1.00 bits per heavy atom. The van der Waals surface area contributed by atoms with Crippen molar-refractivity contribution in [2.24, 2.45) is 0 Å². The number of hydrogen-bond acceptors (Lipinski definition) is 4. The van der Waals surface area contributed by atoms with E-state index in [0.29, 0.717) is 17.0 Å². The number of hydrogen-bond donors (Lipinski definition) is 1. The fourth-order valence-corrected chi connectivity index (χ4v) is 2.79. The van der Waals surface area contributed by atoms with E-state index in [0.717, 1.165) is 16.0 Å². The highest BCUT2D eigenvalue weighted by Crippen LogP contribution is 2.37. The van der Waals surface area contributed by atoms with Crippen LogP contribution in [0.5, 0.6) is 5.75 Å². The maximum atomic E-state index is 12.9. The van der Waals surface area contributed by atoms with E-state index in [1.807, 2.05) is 26.0 Å². The average Bonchev–Trinajstić information content (AvgIpc) is 2.79. The zero-order valence-corrected chi connectivity index (χ0v) is 13.7. The lowest BCUT2D eigenvalue weighted by Crippen LogP contribution is -2.32. The van der Waals surface area contributed by atoms with Crippen LogP contribution in [-0.4, -0.2) is 24.0 Å². The number of nitrogens with zero attached hydrogens (tertiary/aromatic N) is 1. The van der Waals surface area contributed by atoms with Crippen molar-refractivity contribution in [2.45, 2.75) is 13.8 Å². The van der Waals surface area contributed by atoms with Crippen LogP contribution in [0.2, 0.25) is 0 Å². The van der Waals surface area contributed by atoms with Gasteiger partial charge in [-0.3, -0.25) is 9.59 Å². The molecule has 1 heterocycles. The first kappa shape index (κ1) is 15.8. The van der Waals surface area contributed by atoms with Crippen LogP contribution >= 0.6 is 0 Å². The number of methoxy groups -OCH3 is 1. The minimum Gasteiger partial charge on any atom is -0.502 e. The van der Waals surface area contributed by atoms with Gasteiger partial charge in [-0.1, -0.05) is 30.3 Å². The summed E-state index contributed by atoms with van der Waals surface area (Å²) in [5, 5.41) is 10.3. The lowest BCUT2D eigenvalue weighted by atomic mass is 10.0. The molecule has 0 fully saturated rings. The summed E-state index contributed by atoms with van der Waals surface area (Å²) in [4.78, 5) is 26.4. The van der Waals surface area contributed by atoms with Gasteiger partial charge in [0.15, 0.2) is 5.76 Å². The highest BCUT2D eigenvalue weighted by molar-refractivity contribution is 6.45. The minimum atomic E-state index is -0.727. The van der Waals surface area contributed by atoms with Crippen LogP contribution in [0.25, 0.3) is 5.57 Å². The second-order valence-corrected chi connectivity index (χ2v) is 5.66. The molecule has 0 bridgehead atoms. The Labute approximate surface area is 139 Å². The van der Waals surface area contributed by atoms with E-state index >= 15 is 0 Å². The molecule has 1 aliphatic heterocycles. The highest BCUT2D eigenvalue weighted by atomic mass is 16.5. The number of aliphatic hydroxyl groups is 1. The number of para-hydroxylation sites is 1. The Kier molecular flexibility index (Phi) is 3.85. The van der Waals surface area contributed by atoms with Gasteiger partial charge in [0.05, 0.1) is 18.4 Å². The van der Waals surface area contributed by atoms with Gasteiger partial charge in [0.25, 0.3) is 5.91 Å². The number of aryl methyl sites for hydroxylation is 2. The largest absolute Gasteiger partial charge is 0.502 e. The third-order valence-electron chi connectivity index (χ3n) is 4.04. The van der Waals surface area contributed by atoms with E-state index in [4.69, 9.17) is 4.74 Å². The number of carbonyl (C=O) groups is 2. The van der Waals surface area contributed by atoms with Gasteiger partial charge in [0, 0.05) is 5.56 Å². The summed E-state index contributed by atoms with van der Waals surface area (Å²) < 4.78 is 5.25. The van der Waals surface area contributed by atoms with Crippen LogP contribution < -0.4 is 9.64 Å². The Hall–Kier alpha value is -3.08. The van der Waals surface area contributed by atoms with E-state index in [2.05, 4.69) is 0 Å². The van der Waals surface area contributed by atoms with E-state index in [1.165, 1.54) is 7.11 Å². The molecule has 5 nitrogen and oxygen atoms in total. The number of amides is 2. The number of carbonyl (C=O) groups excluding carboxylic acids is 2. The summed E-state index contributed by atoms with van der Waals surface area (Å²) in [6.07, 6.45) is 0. The number of imide groups is 1. The van der Waals surface area contributed by atoms with Crippen molar-refractivity contribution < 1.29 is 19.4 Å². The van der Waals surface area contributed by atoms with Crippen molar-refractivity contribution in [1.82, 2.24) is 0 Å². The van der Waals surface area contributed by atoms with Crippen molar-refractivity contribution in [3.05, 3.63) is 64.9 Å². The standard InChI is InChI=1S/C19H17NO4/c1-11-8-9-12(2)14(10-11)20-18(22)16(17(21)19(20)23)13-6-4-5-7-15(13)24-3/h4-10,21H,1-3H3. The molecule has 0 spiro atoms. The molecule has 0 radical (unpaired) electrons. The summed E-state index contributed by atoms with van der Waals surface area (Å²) in [6, 6.07) is 12.3. The van der Waals surface area contributed by atoms with Crippen LogP contribution in [0.1, 0.15) is 16.7 Å². The molecule has 2 aromatic carbocycles. The van der Waals surface area contributed by atoms with E-state index in [9.17, 15) is 14.7 Å². The molecule has 5 heteroatoms. The van der Waals surface area contributed by atoms with Gasteiger partial charge in [0.1, 0.15) is 5.75 Å². The molecule has 0 unspecified atom stereocenters. The van der Waals surface area contributed by atoms with E-state index in [1.54, 1.807) is 30.3 Å². The van der Waals surface area contributed by atoms with Crippen LogP contribution in [0.15, 0.2) is 48.2 Å². The van der Waals surface area contributed by atoms with Crippen molar-refractivity contribution in [2.75, 3.05) is 12.0 Å². The minimum absolute atomic E-state index is 0.0432. The molecular formula is C19H17NO4. The molecular weight excluding hydrogens is 306 g/mol. The van der Waals surface area contributed by atoms with Crippen molar-refractivity contribution >= 4 is 23.1 Å². The Morgan fingerprint density at radius 2 is 1.71 bits per heavy atom. The average molecular weight is 323 g/mol. The monoisotopic (exact) mass is 323 g/mol. The van der Waals surface area contributed by atoms with Crippen LogP contribution in [0.4, 0.5) is 5.69 Å². The van der Waals surface area contributed by atoms with Gasteiger partial charge in [0.2, 0.25) is 0 Å². The zero-order valence-electron chi connectivity index (χ0n) is 13.7. The molecule has 0 saturated heterocycles. The Bertz CT molecular complexity index is 883. The molecule has 0 aromatic heterocycles. The van der Waals surface area contributed by atoms with Crippen molar-refractivity contribution in [1.29, 1.82) is 0 Å². The number of ether oxygens (including phenoxy) is 1. The molecule has 0 atom stereocenters. The first-order valence-electron chi connectivity index (χ1n) is 7.48. The quantitative estimate of drug-likeness (QED) is 0.881. The molecule has 122 valence electrons. The van der Waals surface area contributed by atoms with Gasteiger partial charge in [-0.2, -0.15) is 0 Å². The SMILES string of the molecule is COc1ccccc1C1=C(O)C(=O)N(c2cc(C)ccc2C)C1=O. The lowest BCUT2D eigenvalue weighted by Gasteiger charge is -2.18. The van der Waals surface area contributed by atoms with Gasteiger partial charge in [-0.05, 0) is 37.1 Å². The van der Waals surface area contributed by atoms with Crippen molar-refractivity contribution in [3.63, 3.8) is 0 Å². The second-order valence-electron chi connectivity index (χ2n) is 5.66. The summed E-state index contributed by atoms with van der Waals surface area (Å²) in [6.45, 7) is 3.69. The maximum Gasteiger partial charge on any atom is 0.301 e. The first-order chi connectivity index (χ1) is 11.5. The van der Waals surface area contributed by atoms with Gasteiger partial charge >= 0.3 is 5.91 Å². The highest BCUT2D eigenvalue weighted by Gasteiger charge is 2.41. The van der Waals surface area contributed by atoms with E-state index in [-0.39, 0.29) is 5.57 Å². The summed E-state index contributed by atoms with van der Waals surface area (Å²) in [5.74, 6) is -1.43. The normalized spacial score (nSPS) is 14.5. The van der Waals surface area contributed by atoms with Gasteiger partial charge in [-0.15, -0.1) is 0 Å². The fourth-order valence-electron chi connectivity index (χ4n) is 2.79. The molecule has 24 heavy (non-hydrogen) atoms. The van der Waals surface area contributed by atoms with Crippen LogP contribution in [0, 0.1) is 13.8 Å².